The fourth-order valence-electron chi connectivity index (χ4n) is 2.12. The zero-order valence-electron chi connectivity index (χ0n) is 10.1. The first-order valence-corrected chi connectivity index (χ1v) is 5.39. The lowest BCUT2D eigenvalue weighted by molar-refractivity contribution is 0.326. The van der Waals surface area contributed by atoms with Crippen LogP contribution in [0.1, 0.15) is 31.3 Å². The highest BCUT2D eigenvalue weighted by Crippen LogP contribution is 2.30. The third-order valence-electron chi connectivity index (χ3n) is 3.19. The fraction of sp³-hybridized carbons (Fsp3) is 0.636. The zero-order valence-corrected chi connectivity index (χ0v) is 11.7. The van der Waals surface area contributed by atoms with Gasteiger partial charge >= 0.3 is 0 Å². The van der Waals surface area contributed by atoms with Crippen LogP contribution in [0.4, 0.5) is 0 Å². The summed E-state index contributed by atoms with van der Waals surface area (Å²) in [5, 5.41) is 3.33. The van der Waals surface area contributed by atoms with Gasteiger partial charge in [-0.1, -0.05) is 6.92 Å². The minimum Gasteiger partial charge on any atom is -0.317 e. The quantitative estimate of drug-likeness (QED) is 0.821. The molecule has 0 radical (unpaired) electrons. The normalized spacial score (nSPS) is 17.8. The van der Waals surface area contributed by atoms with Crippen molar-refractivity contribution in [2.45, 2.75) is 32.1 Å². The van der Waals surface area contributed by atoms with Gasteiger partial charge in [0, 0.05) is 11.5 Å². The van der Waals surface area contributed by atoms with Gasteiger partial charge in [0.05, 0.1) is 5.69 Å². The van der Waals surface area contributed by atoms with Gasteiger partial charge in [-0.2, -0.15) is 0 Å². The molecule has 0 atom stereocenters. The van der Waals surface area contributed by atoms with Crippen LogP contribution in [0, 0.1) is 6.92 Å². The third kappa shape index (κ3) is 3.69. The van der Waals surface area contributed by atoms with Crippen molar-refractivity contribution >= 4 is 24.8 Å². The molecule has 2 heterocycles. The Labute approximate surface area is 113 Å². The Kier molecular flexibility index (Phi) is 6.16. The predicted octanol–water partition coefficient (Wildman–Crippen LogP) is 1.56. The van der Waals surface area contributed by atoms with Gasteiger partial charge < -0.3 is 10.3 Å². The van der Waals surface area contributed by atoms with Gasteiger partial charge in [-0.25, -0.2) is 4.98 Å². The number of hydrogen-bond donors (Lipinski definition) is 2. The van der Waals surface area contributed by atoms with Crippen molar-refractivity contribution in [3.8, 4) is 0 Å². The molecular weight excluding hydrogens is 261 g/mol. The van der Waals surface area contributed by atoms with Gasteiger partial charge in [0.1, 0.15) is 5.82 Å². The first-order valence-electron chi connectivity index (χ1n) is 5.39. The molecule has 0 aromatic carbocycles. The predicted molar refractivity (Wildman–Crippen MR) is 73.5 cm³/mol. The summed E-state index contributed by atoms with van der Waals surface area (Å²) in [7, 11) is 0. The lowest BCUT2D eigenvalue weighted by Crippen LogP contribution is -2.39. The number of aromatic nitrogens is 2. The van der Waals surface area contributed by atoms with Gasteiger partial charge in [-0.05, 0) is 32.9 Å². The standard InChI is InChI=1S/C11H17N3O.2ClH/c1-8-13-9(7-10(15)14-8)11(2)3-5-12-6-4-11;;/h7,12H,3-6H2,1-2H3,(H,13,14,15);2*1H. The van der Waals surface area contributed by atoms with Crippen molar-refractivity contribution in [2.75, 3.05) is 13.1 Å². The van der Waals surface area contributed by atoms with Crippen LogP contribution in [0.2, 0.25) is 0 Å². The Balaban J connectivity index is 0.00000128. The second-order valence-corrected chi connectivity index (χ2v) is 4.53. The summed E-state index contributed by atoms with van der Waals surface area (Å²) in [6.07, 6.45) is 2.09. The number of aryl methyl sites for hydroxylation is 1. The molecule has 2 N–H and O–H groups in total. The molecule has 1 aliphatic rings. The van der Waals surface area contributed by atoms with Crippen molar-refractivity contribution in [2.24, 2.45) is 0 Å². The zero-order chi connectivity index (χ0) is 10.9. The highest BCUT2D eigenvalue weighted by Gasteiger charge is 2.30. The van der Waals surface area contributed by atoms with Crippen LogP contribution in [0.5, 0.6) is 0 Å². The molecule has 0 spiro atoms. The number of H-pyrrole nitrogens is 1. The number of aromatic amines is 1. The van der Waals surface area contributed by atoms with Gasteiger partial charge in [0.15, 0.2) is 0 Å². The number of hydrogen-bond acceptors (Lipinski definition) is 3. The van der Waals surface area contributed by atoms with Gasteiger partial charge in [-0.3, -0.25) is 4.79 Å². The molecule has 4 nitrogen and oxygen atoms in total. The van der Waals surface area contributed by atoms with E-state index in [1.807, 2.05) is 6.92 Å². The van der Waals surface area contributed by atoms with E-state index in [0.29, 0.717) is 5.82 Å². The highest BCUT2D eigenvalue weighted by molar-refractivity contribution is 5.85. The molecule has 1 aliphatic heterocycles. The van der Waals surface area contributed by atoms with E-state index in [9.17, 15) is 4.79 Å². The number of halogens is 2. The minimum absolute atomic E-state index is 0. The van der Waals surface area contributed by atoms with E-state index < -0.39 is 0 Å². The number of nitrogens with zero attached hydrogens (tertiary/aromatic N) is 1. The summed E-state index contributed by atoms with van der Waals surface area (Å²) < 4.78 is 0. The monoisotopic (exact) mass is 279 g/mol. The molecule has 2 rings (SSSR count). The minimum atomic E-state index is -0.0442. The van der Waals surface area contributed by atoms with Crippen LogP contribution in [0.25, 0.3) is 0 Å². The fourth-order valence-corrected chi connectivity index (χ4v) is 2.12. The molecule has 0 saturated carbocycles. The molecule has 17 heavy (non-hydrogen) atoms. The number of rotatable bonds is 1. The molecule has 0 amide bonds. The summed E-state index contributed by atoms with van der Waals surface area (Å²) >= 11 is 0. The maximum atomic E-state index is 11.4. The van der Waals surface area contributed by atoms with Crippen LogP contribution >= 0.6 is 24.8 Å². The highest BCUT2D eigenvalue weighted by atomic mass is 35.5. The third-order valence-corrected chi connectivity index (χ3v) is 3.19. The van der Waals surface area contributed by atoms with Gasteiger partial charge in [-0.15, -0.1) is 24.8 Å². The Hall–Kier alpha value is -0.580. The molecule has 1 aromatic rings. The first-order chi connectivity index (χ1) is 7.10. The lowest BCUT2D eigenvalue weighted by Gasteiger charge is -2.33. The van der Waals surface area contributed by atoms with E-state index in [-0.39, 0.29) is 35.8 Å². The number of nitrogens with one attached hydrogen (secondary N) is 2. The van der Waals surface area contributed by atoms with Crippen LogP contribution < -0.4 is 10.9 Å². The molecular formula is C11H19Cl2N3O. The van der Waals surface area contributed by atoms with E-state index in [1.165, 1.54) is 0 Å². The average molecular weight is 280 g/mol. The molecule has 6 heteroatoms. The Morgan fingerprint density at radius 1 is 1.29 bits per heavy atom. The van der Waals surface area contributed by atoms with Crippen LogP contribution in [-0.2, 0) is 5.41 Å². The van der Waals surface area contributed by atoms with Crippen molar-refractivity contribution in [1.82, 2.24) is 15.3 Å². The van der Waals surface area contributed by atoms with Crippen LogP contribution in [0.3, 0.4) is 0 Å². The number of piperidine rings is 1. The van der Waals surface area contributed by atoms with Crippen molar-refractivity contribution in [3.63, 3.8) is 0 Å². The summed E-state index contributed by atoms with van der Waals surface area (Å²) in [6, 6.07) is 1.64. The van der Waals surface area contributed by atoms with Crippen molar-refractivity contribution < 1.29 is 0 Å². The van der Waals surface area contributed by atoms with Crippen LogP contribution in [-0.4, -0.2) is 23.1 Å². The molecule has 1 saturated heterocycles. The van der Waals surface area contributed by atoms with Crippen molar-refractivity contribution in [3.05, 3.63) is 27.9 Å². The second-order valence-electron chi connectivity index (χ2n) is 4.53. The largest absolute Gasteiger partial charge is 0.317 e. The van der Waals surface area contributed by atoms with Crippen molar-refractivity contribution in [1.29, 1.82) is 0 Å². The molecule has 0 unspecified atom stereocenters. The van der Waals surface area contributed by atoms with E-state index in [4.69, 9.17) is 0 Å². The summed E-state index contributed by atoms with van der Waals surface area (Å²) in [4.78, 5) is 18.5. The van der Waals surface area contributed by atoms with E-state index in [2.05, 4.69) is 22.2 Å². The van der Waals surface area contributed by atoms with Gasteiger partial charge in [0.2, 0.25) is 0 Å². The summed E-state index contributed by atoms with van der Waals surface area (Å²) in [5.74, 6) is 0.706. The maximum absolute atomic E-state index is 11.4. The molecule has 98 valence electrons. The topological polar surface area (TPSA) is 57.8 Å². The van der Waals surface area contributed by atoms with E-state index in [1.54, 1.807) is 6.07 Å². The smallest absolute Gasteiger partial charge is 0.251 e. The molecule has 0 aliphatic carbocycles. The maximum Gasteiger partial charge on any atom is 0.251 e. The van der Waals surface area contributed by atoms with E-state index >= 15 is 0 Å². The van der Waals surface area contributed by atoms with Crippen LogP contribution in [0.15, 0.2) is 10.9 Å². The summed E-state index contributed by atoms with van der Waals surface area (Å²) in [5.41, 5.74) is 0.951. The Morgan fingerprint density at radius 3 is 2.41 bits per heavy atom. The Morgan fingerprint density at radius 2 is 1.88 bits per heavy atom. The average Bonchev–Trinajstić information content (AvgIpc) is 2.17. The Bertz CT molecular complexity index is 413. The van der Waals surface area contributed by atoms with E-state index in [0.717, 1.165) is 31.6 Å². The SMILES string of the molecule is Cc1nc(C2(C)CCNCC2)cc(=O)[nH]1.Cl.Cl. The molecule has 1 aromatic heterocycles. The first kappa shape index (κ1) is 16.4. The molecule has 1 fully saturated rings. The summed E-state index contributed by atoms with van der Waals surface area (Å²) in [6.45, 7) is 6.03. The lowest BCUT2D eigenvalue weighted by atomic mass is 9.78. The second kappa shape index (κ2) is 6.38. The van der Waals surface area contributed by atoms with Gasteiger partial charge in [0.25, 0.3) is 5.56 Å². The molecule has 0 bridgehead atoms.